The molecule has 0 bridgehead atoms. The summed E-state index contributed by atoms with van der Waals surface area (Å²) in [5.74, 6) is 1.14. The number of nitrogens with zero attached hydrogens (tertiary/aromatic N) is 2. The molecule has 128 valence electrons. The second kappa shape index (κ2) is 9.53. The van der Waals surface area contributed by atoms with E-state index in [2.05, 4.69) is 22.1 Å². The van der Waals surface area contributed by atoms with E-state index in [0.717, 1.165) is 17.8 Å². The Labute approximate surface area is 139 Å². The minimum atomic E-state index is 0.490. The Morgan fingerprint density at radius 1 is 1.35 bits per heavy atom. The fourth-order valence-electron chi connectivity index (χ4n) is 3.04. The van der Waals surface area contributed by atoms with Gasteiger partial charge in [-0.2, -0.15) is 0 Å². The van der Waals surface area contributed by atoms with E-state index in [1.165, 1.54) is 38.9 Å². The molecule has 0 aliphatic carbocycles. The first-order chi connectivity index (χ1) is 11.2. The van der Waals surface area contributed by atoms with Gasteiger partial charge in [-0.25, -0.2) is 0 Å². The SMILES string of the molecule is CCCN1CCC(CN=C(N)Nc2ccccc2COC)CC1. The third kappa shape index (κ3) is 5.84. The molecule has 0 saturated carbocycles. The number of anilines is 1. The van der Waals surface area contributed by atoms with Crippen LogP contribution in [0.5, 0.6) is 0 Å². The molecule has 1 aliphatic heterocycles. The molecule has 1 heterocycles. The maximum absolute atomic E-state index is 6.05. The van der Waals surface area contributed by atoms with Crippen LogP contribution in [0, 0.1) is 5.92 Å². The number of guanidine groups is 1. The van der Waals surface area contributed by atoms with Gasteiger partial charge >= 0.3 is 0 Å². The molecule has 0 amide bonds. The first-order valence-electron chi connectivity index (χ1n) is 8.59. The van der Waals surface area contributed by atoms with E-state index < -0.39 is 0 Å². The lowest BCUT2D eigenvalue weighted by molar-refractivity contribution is 0.185. The molecule has 1 aromatic carbocycles. The van der Waals surface area contributed by atoms with E-state index in [1.807, 2.05) is 24.3 Å². The predicted octanol–water partition coefficient (Wildman–Crippen LogP) is 2.68. The number of aliphatic imine (C=N–C) groups is 1. The van der Waals surface area contributed by atoms with Gasteiger partial charge in [0, 0.05) is 24.9 Å². The molecule has 5 nitrogen and oxygen atoms in total. The zero-order valence-corrected chi connectivity index (χ0v) is 14.4. The van der Waals surface area contributed by atoms with Gasteiger partial charge in [0.2, 0.25) is 0 Å². The molecular weight excluding hydrogens is 288 g/mol. The van der Waals surface area contributed by atoms with Crippen molar-refractivity contribution in [3.8, 4) is 0 Å². The molecule has 0 radical (unpaired) electrons. The number of ether oxygens (including phenoxy) is 1. The lowest BCUT2D eigenvalue weighted by Gasteiger charge is -2.30. The van der Waals surface area contributed by atoms with Crippen molar-refractivity contribution in [2.75, 3.05) is 38.6 Å². The molecule has 1 saturated heterocycles. The Morgan fingerprint density at radius 2 is 2.09 bits per heavy atom. The average Bonchev–Trinajstić information content (AvgIpc) is 2.57. The Bertz CT molecular complexity index is 496. The molecule has 5 heteroatoms. The van der Waals surface area contributed by atoms with Gasteiger partial charge < -0.3 is 20.7 Å². The zero-order valence-electron chi connectivity index (χ0n) is 14.4. The summed E-state index contributed by atoms with van der Waals surface area (Å²) in [6.07, 6.45) is 3.68. The van der Waals surface area contributed by atoms with Crippen molar-refractivity contribution in [1.82, 2.24) is 4.90 Å². The van der Waals surface area contributed by atoms with Crippen LogP contribution in [0.15, 0.2) is 29.3 Å². The fourth-order valence-corrected chi connectivity index (χ4v) is 3.04. The number of piperidine rings is 1. The van der Waals surface area contributed by atoms with Crippen LogP contribution in [0.2, 0.25) is 0 Å². The molecule has 0 spiro atoms. The van der Waals surface area contributed by atoms with Gasteiger partial charge in [0.15, 0.2) is 5.96 Å². The summed E-state index contributed by atoms with van der Waals surface area (Å²) in [6, 6.07) is 8.01. The summed E-state index contributed by atoms with van der Waals surface area (Å²) in [4.78, 5) is 7.08. The fraction of sp³-hybridized carbons (Fsp3) is 0.611. The smallest absolute Gasteiger partial charge is 0.193 e. The summed E-state index contributed by atoms with van der Waals surface area (Å²) >= 11 is 0. The highest BCUT2D eigenvalue weighted by Crippen LogP contribution is 2.18. The van der Waals surface area contributed by atoms with Gasteiger partial charge in [0.1, 0.15) is 0 Å². The first-order valence-corrected chi connectivity index (χ1v) is 8.59. The van der Waals surface area contributed by atoms with E-state index in [4.69, 9.17) is 10.5 Å². The van der Waals surface area contributed by atoms with Crippen LogP contribution in [-0.2, 0) is 11.3 Å². The number of benzene rings is 1. The number of nitrogens with two attached hydrogens (primary N) is 1. The van der Waals surface area contributed by atoms with Crippen molar-refractivity contribution in [2.24, 2.45) is 16.6 Å². The summed E-state index contributed by atoms with van der Waals surface area (Å²) in [7, 11) is 1.69. The van der Waals surface area contributed by atoms with Crippen LogP contribution in [-0.4, -0.2) is 44.1 Å². The normalized spacial score (nSPS) is 17.4. The molecule has 1 aliphatic rings. The van der Waals surface area contributed by atoms with Gasteiger partial charge in [-0.15, -0.1) is 0 Å². The monoisotopic (exact) mass is 318 g/mol. The molecule has 0 unspecified atom stereocenters. The minimum Gasteiger partial charge on any atom is -0.380 e. The molecule has 23 heavy (non-hydrogen) atoms. The van der Waals surface area contributed by atoms with Crippen LogP contribution in [0.1, 0.15) is 31.7 Å². The Balaban J connectivity index is 1.82. The molecular formula is C18H30N4O. The third-order valence-corrected chi connectivity index (χ3v) is 4.35. The lowest BCUT2D eigenvalue weighted by atomic mass is 9.97. The number of nitrogens with one attached hydrogen (secondary N) is 1. The quantitative estimate of drug-likeness (QED) is 0.599. The van der Waals surface area contributed by atoms with Crippen molar-refractivity contribution in [2.45, 2.75) is 32.8 Å². The van der Waals surface area contributed by atoms with E-state index in [-0.39, 0.29) is 0 Å². The molecule has 0 atom stereocenters. The number of hydrogen-bond donors (Lipinski definition) is 2. The minimum absolute atomic E-state index is 0.490. The Kier molecular flexibility index (Phi) is 7.36. The van der Waals surface area contributed by atoms with E-state index in [0.29, 0.717) is 18.5 Å². The zero-order chi connectivity index (χ0) is 16.5. The Morgan fingerprint density at radius 3 is 2.78 bits per heavy atom. The molecule has 1 aromatic rings. The van der Waals surface area contributed by atoms with Crippen LogP contribution in [0.3, 0.4) is 0 Å². The highest BCUT2D eigenvalue weighted by molar-refractivity contribution is 5.92. The average molecular weight is 318 g/mol. The van der Waals surface area contributed by atoms with Gasteiger partial charge in [0.05, 0.1) is 6.61 Å². The number of rotatable bonds is 7. The topological polar surface area (TPSA) is 62.9 Å². The number of hydrogen-bond acceptors (Lipinski definition) is 3. The van der Waals surface area contributed by atoms with Crippen molar-refractivity contribution < 1.29 is 4.74 Å². The van der Waals surface area contributed by atoms with Gasteiger partial charge in [-0.3, -0.25) is 4.99 Å². The van der Waals surface area contributed by atoms with E-state index in [9.17, 15) is 0 Å². The van der Waals surface area contributed by atoms with Crippen LogP contribution < -0.4 is 11.1 Å². The third-order valence-electron chi connectivity index (χ3n) is 4.35. The first kappa shape index (κ1) is 17.8. The molecule has 3 N–H and O–H groups in total. The highest BCUT2D eigenvalue weighted by atomic mass is 16.5. The van der Waals surface area contributed by atoms with E-state index >= 15 is 0 Å². The second-order valence-corrected chi connectivity index (χ2v) is 6.23. The summed E-state index contributed by atoms with van der Waals surface area (Å²) in [6.45, 7) is 7.22. The van der Waals surface area contributed by atoms with Crippen molar-refractivity contribution in [3.63, 3.8) is 0 Å². The van der Waals surface area contributed by atoms with Gasteiger partial charge in [0.25, 0.3) is 0 Å². The molecule has 0 aromatic heterocycles. The summed E-state index contributed by atoms with van der Waals surface area (Å²) in [5, 5.41) is 3.20. The molecule has 1 fully saturated rings. The van der Waals surface area contributed by atoms with Crippen molar-refractivity contribution >= 4 is 11.6 Å². The maximum Gasteiger partial charge on any atom is 0.193 e. The summed E-state index contributed by atoms with van der Waals surface area (Å²) < 4.78 is 5.21. The maximum atomic E-state index is 6.05. The number of likely N-dealkylation sites (tertiary alicyclic amines) is 1. The highest BCUT2D eigenvalue weighted by Gasteiger charge is 2.18. The second-order valence-electron chi connectivity index (χ2n) is 6.23. The van der Waals surface area contributed by atoms with Crippen LogP contribution >= 0.6 is 0 Å². The van der Waals surface area contributed by atoms with Crippen molar-refractivity contribution in [3.05, 3.63) is 29.8 Å². The predicted molar refractivity (Wildman–Crippen MR) is 96.7 cm³/mol. The van der Waals surface area contributed by atoms with Crippen molar-refractivity contribution in [1.29, 1.82) is 0 Å². The van der Waals surface area contributed by atoms with Gasteiger partial charge in [-0.1, -0.05) is 25.1 Å². The largest absolute Gasteiger partial charge is 0.380 e. The van der Waals surface area contributed by atoms with E-state index in [1.54, 1.807) is 7.11 Å². The van der Waals surface area contributed by atoms with Crippen LogP contribution in [0.4, 0.5) is 5.69 Å². The van der Waals surface area contributed by atoms with Gasteiger partial charge in [-0.05, 0) is 50.9 Å². The molecule has 2 rings (SSSR count). The number of para-hydroxylation sites is 1. The van der Waals surface area contributed by atoms with Crippen LogP contribution in [0.25, 0.3) is 0 Å². The standard InChI is InChI=1S/C18H30N4O/c1-3-10-22-11-8-15(9-12-22)13-20-18(19)21-17-7-5-4-6-16(17)14-23-2/h4-7,15H,3,8-14H2,1-2H3,(H3,19,20,21). The Hall–Kier alpha value is -1.59. The summed E-state index contributed by atoms with van der Waals surface area (Å²) in [5.41, 5.74) is 8.10. The lowest BCUT2D eigenvalue weighted by Crippen LogP contribution is -2.35. The number of methoxy groups -OCH3 is 1.